The van der Waals surface area contributed by atoms with Crippen LogP contribution < -0.4 is 0 Å². The number of unbranched alkanes of at least 4 members (excludes halogenated alkanes) is 1. The fourth-order valence-electron chi connectivity index (χ4n) is 1.92. The number of carbonyl (C=O) groups excluding carboxylic acids is 1. The van der Waals surface area contributed by atoms with E-state index in [4.69, 9.17) is 4.74 Å². The number of aryl methyl sites for hydroxylation is 1. The molecular formula is C15H22O2. The topological polar surface area (TPSA) is 26.3 Å². The van der Waals surface area contributed by atoms with Crippen LogP contribution in [0.1, 0.15) is 38.7 Å². The lowest BCUT2D eigenvalue weighted by atomic mass is 9.87. The molecule has 0 saturated carbocycles. The van der Waals surface area contributed by atoms with Crippen LogP contribution in [0.5, 0.6) is 0 Å². The SMILES string of the molecule is COC(=O)C(C)(C)CCCCc1ccccc1. The first kappa shape index (κ1) is 13.8. The first-order valence-electron chi connectivity index (χ1n) is 6.18. The van der Waals surface area contributed by atoms with Crippen molar-refractivity contribution in [2.45, 2.75) is 39.5 Å². The third-order valence-corrected chi connectivity index (χ3v) is 3.10. The summed E-state index contributed by atoms with van der Waals surface area (Å²) in [5.41, 5.74) is 1.01. The van der Waals surface area contributed by atoms with Gasteiger partial charge in [0.1, 0.15) is 0 Å². The molecular weight excluding hydrogens is 212 g/mol. The van der Waals surface area contributed by atoms with Gasteiger partial charge in [0.2, 0.25) is 0 Å². The van der Waals surface area contributed by atoms with Crippen molar-refractivity contribution in [3.8, 4) is 0 Å². The average molecular weight is 234 g/mol. The van der Waals surface area contributed by atoms with E-state index in [0.717, 1.165) is 25.7 Å². The van der Waals surface area contributed by atoms with Crippen molar-refractivity contribution in [1.29, 1.82) is 0 Å². The monoisotopic (exact) mass is 234 g/mol. The second-order valence-electron chi connectivity index (χ2n) is 5.07. The van der Waals surface area contributed by atoms with E-state index in [1.165, 1.54) is 12.7 Å². The maximum Gasteiger partial charge on any atom is 0.311 e. The molecule has 0 unspecified atom stereocenters. The Balaban J connectivity index is 2.27. The first-order chi connectivity index (χ1) is 8.06. The minimum absolute atomic E-state index is 0.114. The number of benzene rings is 1. The highest BCUT2D eigenvalue weighted by molar-refractivity contribution is 5.75. The van der Waals surface area contributed by atoms with Crippen LogP contribution in [0.25, 0.3) is 0 Å². The summed E-state index contributed by atoms with van der Waals surface area (Å²) in [6.45, 7) is 3.89. The molecule has 0 aliphatic carbocycles. The van der Waals surface area contributed by atoms with Crippen molar-refractivity contribution in [3.63, 3.8) is 0 Å². The lowest BCUT2D eigenvalue weighted by Crippen LogP contribution is -2.25. The number of methoxy groups -OCH3 is 1. The first-order valence-corrected chi connectivity index (χ1v) is 6.18. The van der Waals surface area contributed by atoms with E-state index in [0.29, 0.717) is 0 Å². The number of ether oxygens (including phenoxy) is 1. The van der Waals surface area contributed by atoms with Crippen molar-refractivity contribution in [3.05, 3.63) is 35.9 Å². The highest BCUT2D eigenvalue weighted by atomic mass is 16.5. The molecule has 0 aliphatic heterocycles. The van der Waals surface area contributed by atoms with E-state index >= 15 is 0 Å². The molecule has 0 radical (unpaired) electrons. The van der Waals surface area contributed by atoms with Gasteiger partial charge in [-0.05, 0) is 38.7 Å². The molecule has 0 amide bonds. The maximum atomic E-state index is 11.5. The van der Waals surface area contributed by atoms with Crippen LogP contribution in [0.15, 0.2) is 30.3 Å². The quantitative estimate of drug-likeness (QED) is 0.555. The number of rotatable bonds is 6. The summed E-state index contributed by atoms with van der Waals surface area (Å²) in [4.78, 5) is 11.5. The summed E-state index contributed by atoms with van der Waals surface area (Å²) in [5, 5.41) is 0. The minimum atomic E-state index is -0.356. The van der Waals surface area contributed by atoms with Crippen molar-refractivity contribution in [1.82, 2.24) is 0 Å². The van der Waals surface area contributed by atoms with Crippen LogP contribution in [0.2, 0.25) is 0 Å². The third kappa shape index (κ3) is 4.59. The standard InChI is InChI=1S/C15H22O2/c1-15(2,14(16)17-3)12-8-7-11-13-9-5-4-6-10-13/h4-6,9-10H,7-8,11-12H2,1-3H3. The van der Waals surface area contributed by atoms with E-state index in [1.54, 1.807) is 0 Å². The molecule has 17 heavy (non-hydrogen) atoms. The molecule has 0 bridgehead atoms. The molecule has 2 nitrogen and oxygen atoms in total. The van der Waals surface area contributed by atoms with Crippen LogP contribution >= 0.6 is 0 Å². The summed E-state index contributed by atoms with van der Waals surface area (Å²) in [6, 6.07) is 10.4. The van der Waals surface area contributed by atoms with Gasteiger partial charge in [0, 0.05) is 0 Å². The minimum Gasteiger partial charge on any atom is -0.469 e. The van der Waals surface area contributed by atoms with Gasteiger partial charge in [0.05, 0.1) is 12.5 Å². The number of carbonyl (C=O) groups is 1. The van der Waals surface area contributed by atoms with Gasteiger partial charge in [-0.3, -0.25) is 4.79 Å². The summed E-state index contributed by atoms with van der Waals surface area (Å²) < 4.78 is 4.79. The molecule has 0 spiro atoms. The van der Waals surface area contributed by atoms with Gasteiger partial charge >= 0.3 is 5.97 Å². The molecule has 0 N–H and O–H groups in total. The summed E-state index contributed by atoms with van der Waals surface area (Å²) in [7, 11) is 1.45. The molecule has 0 saturated heterocycles. The molecule has 94 valence electrons. The predicted octanol–water partition coefficient (Wildman–Crippen LogP) is 3.60. The van der Waals surface area contributed by atoms with E-state index in [1.807, 2.05) is 19.9 Å². The Morgan fingerprint density at radius 1 is 1.18 bits per heavy atom. The zero-order chi connectivity index (χ0) is 12.7. The van der Waals surface area contributed by atoms with Gasteiger partial charge in [-0.25, -0.2) is 0 Å². The number of esters is 1. The average Bonchev–Trinajstić information content (AvgIpc) is 2.35. The number of hydrogen-bond donors (Lipinski definition) is 0. The van der Waals surface area contributed by atoms with Gasteiger partial charge in [-0.1, -0.05) is 36.8 Å². The normalized spacial score (nSPS) is 11.2. The van der Waals surface area contributed by atoms with Gasteiger partial charge in [0.15, 0.2) is 0 Å². The van der Waals surface area contributed by atoms with Crippen molar-refractivity contribution < 1.29 is 9.53 Å². The fraction of sp³-hybridized carbons (Fsp3) is 0.533. The second-order valence-corrected chi connectivity index (χ2v) is 5.07. The van der Waals surface area contributed by atoms with E-state index in [-0.39, 0.29) is 11.4 Å². The highest BCUT2D eigenvalue weighted by Crippen LogP contribution is 2.25. The van der Waals surface area contributed by atoms with Gasteiger partial charge in [-0.2, -0.15) is 0 Å². The molecule has 0 heterocycles. The molecule has 2 heteroatoms. The van der Waals surface area contributed by atoms with Gasteiger partial charge < -0.3 is 4.74 Å². The fourth-order valence-corrected chi connectivity index (χ4v) is 1.92. The van der Waals surface area contributed by atoms with Gasteiger partial charge in [0.25, 0.3) is 0 Å². The van der Waals surface area contributed by atoms with Crippen molar-refractivity contribution >= 4 is 5.97 Å². The smallest absolute Gasteiger partial charge is 0.311 e. The molecule has 0 aromatic heterocycles. The second kappa shape index (κ2) is 6.43. The highest BCUT2D eigenvalue weighted by Gasteiger charge is 2.27. The zero-order valence-electron chi connectivity index (χ0n) is 11.0. The number of hydrogen-bond acceptors (Lipinski definition) is 2. The van der Waals surface area contributed by atoms with Crippen LogP contribution in [0.4, 0.5) is 0 Å². The Bertz CT molecular complexity index is 341. The largest absolute Gasteiger partial charge is 0.469 e. The van der Waals surface area contributed by atoms with Crippen molar-refractivity contribution in [2.75, 3.05) is 7.11 Å². The van der Waals surface area contributed by atoms with E-state index in [9.17, 15) is 4.79 Å². The molecule has 0 fully saturated rings. The van der Waals surface area contributed by atoms with Crippen LogP contribution in [-0.4, -0.2) is 13.1 Å². The molecule has 0 aliphatic rings. The predicted molar refractivity (Wildman–Crippen MR) is 69.8 cm³/mol. The summed E-state index contributed by atoms with van der Waals surface area (Å²) in [5.74, 6) is -0.114. The Morgan fingerprint density at radius 2 is 1.82 bits per heavy atom. The Kier molecular flexibility index (Phi) is 5.20. The maximum absolute atomic E-state index is 11.5. The van der Waals surface area contributed by atoms with Gasteiger partial charge in [-0.15, -0.1) is 0 Å². The summed E-state index contributed by atoms with van der Waals surface area (Å²) in [6.07, 6.45) is 4.13. The zero-order valence-corrected chi connectivity index (χ0v) is 11.0. The molecule has 0 atom stereocenters. The van der Waals surface area contributed by atoms with Crippen LogP contribution in [-0.2, 0) is 16.0 Å². The molecule has 1 rings (SSSR count). The molecule has 1 aromatic rings. The van der Waals surface area contributed by atoms with Crippen LogP contribution in [0, 0.1) is 5.41 Å². The van der Waals surface area contributed by atoms with E-state index < -0.39 is 0 Å². The Morgan fingerprint density at radius 3 is 2.41 bits per heavy atom. The molecule has 1 aromatic carbocycles. The van der Waals surface area contributed by atoms with Crippen molar-refractivity contribution in [2.24, 2.45) is 5.41 Å². The van der Waals surface area contributed by atoms with E-state index in [2.05, 4.69) is 24.3 Å². The summed E-state index contributed by atoms with van der Waals surface area (Å²) >= 11 is 0. The third-order valence-electron chi connectivity index (χ3n) is 3.10. The van der Waals surface area contributed by atoms with Crippen LogP contribution in [0.3, 0.4) is 0 Å². The Hall–Kier alpha value is -1.31. The lowest BCUT2D eigenvalue weighted by molar-refractivity contribution is -0.151. The Labute approximate surface area is 104 Å². The lowest BCUT2D eigenvalue weighted by Gasteiger charge is -2.20.